The number of hydrogen-bond acceptors (Lipinski definition) is 3. The van der Waals surface area contributed by atoms with Crippen LogP contribution in [-0.2, 0) is 9.59 Å². The molecule has 106 valence electrons. The fraction of sp³-hybridized carbons (Fsp3) is 0.846. The Labute approximate surface area is 109 Å². The molecule has 0 aromatic carbocycles. The van der Waals surface area contributed by atoms with Crippen LogP contribution in [0.25, 0.3) is 0 Å². The summed E-state index contributed by atoms with van der Waals surface area (Å²) in [5.74, 6) is -2.57. The summed E-state index contributed by atoms with van der Waals surface area (Å²) in [6.07, 6.45) is 0.462. The van der Waals surface area contributed by atoms with Crippen LogP contribution in [0.1, 0.15) is 41.0 Å². The number of carbonyl (C=O) groups excluding carboxylic acids is 1. The molecule has 0 saturated carbocycles. The Hall–Kier alpha value is -1.10. The Morgan fingerprint density at radius 3 is 2.00 bits per heavy atom. The fourth-order valence-corrected chi connectivity index (χ4v) is 1.59. The summed E-state index contributed by atoms with van der Waals surface area (Å²) >= 11 is 0. The minimum Gasteiger partial charge on any atom is -0.481 e. The normalized spacial score (nSPS) is 16.8. The van der Waals surface area contributed by atoms with E-state index in [-0.39, 0.29) is 24.0 Å². The number of aliphatic carboxylic acids is 1. The number of carboxylic acid groups (broad SMARTS) is 1. The lowest BCUT2D eigenvalue weighted by atomic mass is 9.84. The third-order valence-corrected chi connectivity index (χ3v) is 3.33. The molecular weight excluding hydrogens is 234 g/mol. The maximum Gasteiger partial charge on any atom is 0.307 e. The molecule has 0 aliphatic carbocycles. The number of carboxylic acids is 1. The van der Waals surface area contributed by atoms with Gasteiger partial charge >= 0.3 is 5.97 Å². The summed E-state index contributed by atoms with van der Waals surface area (Å²) in [6.45, 7) is 9.03. The molecule has 3 unspecified atom stereocenters. The second-order valence-electron chi connectivity index (χ2n) is 5.86. The lowest BCUT2D eigenvalue weighted by Crippen LogP contribution is -2.47. The van der Waals surface area contributed by atoms with E-state index >= 15 is 0 Å². The molecule has 0 rings (SSSR count). The number of rotatable bonds is 6. The average Bonchev–Trinajstić information content (AvgIpc) is 2.24. The van der Waals surface area contributed by atoms with Crippen molar-refractivity contribution in [1.29, 1.82) is 0 Å². The van der Waals surface area contributed by atoms with E-state index in [4.69, 9.17) is 10.2 Å². The Morgan fingerprint density at radius 2 is 1.67 bits per heavy atom. The van der Waals surface area contributed by atoms with E-state index in [1.807, 2.05) is 20.8 Å². The summed E-state index contributed by atoms with van der Waals surface area (Å²) in [6, 6.07) is -0.168. The number of hydrogen-bond donors (Lipinski definition) is 3. The van der Waals surface area contributed by atoms with Crippen molar-refractivity contribution in [3.63, 3.8) is 0 Å². The van der Waals surface area contributed by atoms with Crippen LogP contribution in [0.4, 0.5) is 0 Å². The molecule has 0 fully saturated rings. The van der Waals surface area contributed by atoms with Crippen LogP contribution in [-0.4, -0.2) is 34.7 Å². The molecule has 3 N–H and O–H groups in total. The first-order valence-corrected chi connectivity index (χ1v) is 6.25. The molecule has 0 radical (unpaired) electrons. The SMILES string of the molecule is CC(C(=O)O)C(C)C(=O)NC(CCO)C(C)(C)C. The first-order chi connectivity index (χ1) is 8.11. The van der Waals surface area contributed by atoms with Crippen LogP contribution in [0.5, 0.6) is 0 Å². The molecule has 0 aliphatic heterocycles. The van der Waals surface area contributed by atoms with Gasteiger partial charge in [-0.05, 0) is 11.8 Å². The molecule has 5 nitrogen and oxygen atoms in total. The average molecular weight is 259 g/mol. The van der Waals surface area contributed by atoms with Gasteiger partial charge in [0.05, 0.1) is 5.92 Å². The summed E-state index contributed by atoms with van der Waals surface area (Å²) in [5, 5.41) is 20.7. The number of aliphatic hydroxyl groups excluding tert-OH is 1. The highest BCUT2D eigenvalue weighted by molar-refractivity contribution is 5.84. The molecule has 5 heteroatoms. The predicted octanol–water partition coefficient (Wildman–Crippen LogP) is 1.26. The van der Waals surface area contributed by atoms with Crippen molar-refractivity contribution in [2.45, 2.75) is 47.1 Å². The molecule has 0 saturated heterocycles. The van der Waals surface area contributed by atoms with Crippen molar-refractivity contribution < 1.29 is 19.8 Å². The lowest BCUT2D eigenvalue weighted by molar-refractivity contribution is -0.146. The molecule has 0 bridgehead atoms. The van der Waals surface area contributed by atoms with Crippen molar-refractivity contribution in [2.24, 2.45) is 17.3 Å². The van der Waals surface area contributed by atoms with Crippen LogP contribution in [0.3, 0.4) is 0 Å². The van der Waals surface area contributed by atoms with Gasteiger partial charge in [0, 0.05) is 18.6 Å². The van der Waals surface area contributed by atoms with Gasteiger partial charge in [0.1, 0.15) is 0 Å². The molecule has 18 heavy (non-hydrogen) atoms. The van der Waals surface area contributed by atoms with Crippen molar-refractivity contribution >= 4 is 11.9 Å². The Bertz CT molecular complexity index is 296. The molecule has 0 aliphatic rings. The Balaban J connectivity index is 4.65. The number of carbonyl (C=O) groups is 2. The van der Waals surface area contributed by atoms with Gasteiger partial charge in [-0.3, -0.25) is 9.59 Å². The topological polar surface area (TPSA) is 86.6 Å². The van der Waals surface area contributed by atoms with Crippen molar-refractivity contribution in [3.05, 3.63) is 0 Å². The first-order valence-electron chi connectivity index (χ1n) is 6.25. The predicted molar refractivity (Wildman–Crippen MR) is 69.1 cm³/mol. The van der Waals surface area contributed by atoms with Gasteiger partial charge in [-0.2, -0.15) is 0 Å². The second kappa shape index (κ2) is 6.73. The summed E-state index contributed by atoms with van der Waals surface area (Å²) in [7, 11) is 0. The van der Waals surface area contributed by atoms with Crippen molar-refractivity contribution in [3.8, 4) is 0 Å². The fourth-order valence-electron chi connectivity index (χ4n) is 1.59. The highest BCUT2D eigenvalue weighted by Crippen LogP contribution is 2.22. The Morgan fingerprint density at radius 1 is 1.17 bits per heavy atom. The largest absolute Gasteiger partial charge is 0.481 e. The first kappa shape index (κ1) is 16.9. The number of nitrogens with one attached hydrogen (secondary N) is 1. The monoisotopic (exact) mass is 259 g/mol. The molecule has 0 aromatic heterocycles. The molecule has 1 amide bonds. The van der Waals surface area contributed by atoms with E-state index in [1.165, 1.54) is 6.92 Å². The zero-order valence-electron chi connectivity index (χ0n) is 11.9. The van der Waals surface area contributed by atoms with E-state index < -0.39 is 17.8 Å². The number of amides is 1. The third-order valence-electron chi connectivity index (χ3n) is 3.33. The Kier molecular flexibility index (Phi) is 6.32. The van der Waals surface area contributed by atoms with Crippen LogP contribution in [0, 0.1) is 17.3 Å². The molecule has 0 heterocycles. The smallest absolute Gasteiger partial charge is 0.307 e. The van der Waals surface area contributed by atoms with Gasteiger partial charge in [0.2, 0.25) is 5.91 Å². The van der Waals surface area contributed by atoms with Crippen molar-refractivity contribution in [2.75, 3.05) is 6.61 Å². The molecular formula is C13H25NO4. The van der Waals surface area contributed by atoms with E-state index in [0.29, 0.717) is 6.42 Å². The highest BCUT2D eigenvalue weighted by Gasteiger charge is 2.31. The lowest BCUT2D eigenvalue weighted by Gasteiger charge is -2.32. The van der Waals surface area contributed by atoms with E-state index in [0.717, 1.165) is 0 Å². The quantitative estimate of drug-likeness (QED) is 0.670. The maximum absolute atomic E-state index is 12.0. The zero-order valence-corrected chi connectivity index (χ0v) is 11.9. The van der Waals surface area contributed by atoms with Gasteiger partial charge in [-0.1, -0.05) is 34.6 Å². The van der Waals surface area contributed by atoms with Crippen LogP contribution in [0.15, 0.2) is 0 Å². The van der Waals surface area contributed by atoms with Crippen LogP contribution >= 0.6 is 0 Å². The third kappa shape index (κ3) is 5.04. The minimum absolute atomic E-state index is 0.00885. The van der Waals surface area contributed by atoms with E-state index in [9.17, 15) is 9.59 Å². The number of aliphatic hydroxyl groups is 1. The summed E-state index contributed by atoms with van der Waals surface area (Å²) < 4.78 is 0. The van der Waals surface area contributed by atoms with Gasteiger partial charge < -0.3 is 15.5 Å². The van der Waals surface area contributed by atoms with Crippen LogP contribution < -0.4 is 5.32 Å². The van der Waals surface area contributed by atoms with Gasteiger partial charge in [0.25, 0.3) is 0 Å². The molecule has 0 aromatic rings. The van der Waals surface area contributed by atoms with Crippen LogP contribution in [0.2, 0.25) is 0 Å². The zero-order chi connectivity index (χ0) is 14.5. The van der Waals surface area contributed by atoms with Gasteiger partial charge in [-0.15, -0.1) is 0 Å². The van der Waals surface area contributed by atoms with Crippen molar-refractivity contribution in [1.82, 2.24) is 5.32 Å². The van der Waals surface area contributed by atoms with Gasteiger partial charge in [0.15, 0.2) is 0 Å². The minimum atomic E-state index is -0.980. The second-order valence-corrected chi connectivity index (χ2v) is 5.86. The van der Waals surface area contributed by atoms with Gasteiger partial charge in [-0.25, -0.2) is 0 Å². The van der Waals surface area contributed by atoms with E-state index in [2.05, 4.69) is 5.32 Å². The standard InChI is InChI=1S/C13H25NO4/c1-8(9(2)12(17)18)11(16)14-10(6-7-15)13(3,4)5/h8-10,15H,6-7H2,1-5H3,(H,14,16)(H,17,18). The summed E-state index contributed by atoms with van der Waals surface area (Å²) in [5.41, 5.74) is -0.176. The molecule has 0 spiro atoms. The maximum atomic E-state index is 12.0. The highest BCUT2D eigenvalue weighted by atomic mass is 16.4. The van der Waals surface area contributed by atoms with E-state index in [1.54, 1.807) is 6.92 Å². The summed E-state index contributed by atoms with van der Waals surface area (Å²) in [4.78, 5) is 22.8. The molecule has 3 atom stereocenters.